The van der Waals surface area contributed by atoms with E-state index in [1.807, 2.05) is 0 Å². The molecule has 2 aliphatic rings. The van der Waals surface area contributed by atoms with Crippen LogP contribution in [-0.4, -0.2) is 93.9 Å². The molecule has 2 aromatic carbocycles. The summed E-state index contributed by atoms with van der Waals surface area (Å²) in [5, 5.41) is 6.00. The topological polar surface area (TPSA) is 115 Å². The normalized spacial score (nSPS) is 17.1. The molecule has 0 atom stereocenters. The number of hydrogen-bond donors (Lipinski definition) is 3. The first-order valence-electron chi connectivity index (χ1n) is 13.9. The predicted molar refractivity (Wildman–Crippen MR) is 168 cm³/mol. The fourth-order valence-corrected chi connectivity index (χ4v) is 6.24. The van der Waals surface area contributed by atoms with Gasteiger partial charge in [0.15, 0.2) is 0 Å². The van der Waals surface area contributed by atoms with E-state index in [-0.39, 0.29) is 29.0 Å². The minimum absolute atomic E-state index is 0.00872. The fourth-order valence-electron chi connectivity index (χ4n) is 5.38. The van der Waals surface area contributed by atoms with Crippen LogP contribution in [-0.2, 0) is 10.0 Å². The molecule has 15 heteroatoms. The van der Waals surface area contributed by atoms with Crippen LogP contribution in [0.5, 0.6) is 5.75 Å². The first-order valence-corrected chi connectivity index (χ1v) is 16.6. The van der Waals surface area contributed by atoms with Crippen molar-refractivity contribution in [3.05, 3.63) is 52.6 Å². The molecule has 2 aliphatic heterocycles. The molecule has 0 saturated carbocycles. The number of anilines is 6. The molecule has 3 heterocycles. The number of nitrogens with zero attached hydrogens (tertiary/aromatic N) is 5. The number of rotatable bonds is 9. The highest BCUT2D eigenvalue weighted by molar-refractivity contribution is 9.10. The molecule has 0 amide bonds. The zero-order valence-electron chi connectivity index (χ0n) is 24.2. The number of methoxy groups -OCH3 is 1. The van der Waals surface area contributed by atoms with Crippen molar-refractivity contribution in [3.63, 3.8) is 0 Å². The lowest BCUT2D eigenvalue weighted by atomic mass is 10.0. The maximum Gasteiger partial charge on any atom is 0.229 e. The molecular formula is C28H35BrF2N8O3S. The van der Waals surface area contributed by atoms with E-state index in [9.17, 15) is 12.8 Å². The lowest BCUT2D eigenvalue weighted by Crippen LogP contribution is -2.52. The minimum Gasteiger partial charge on any atom is -0.494 e. The molecule has 0 spiro atoms. The first kappa shape index (κ1) is 31.2. The zero-order valence-corrected chi connectivity index (χ0v) is 26.6. The van der Waals surface area contributed by atoms with Gasteiger partial charge in [0.1, 0.15) is 23.2 Å². The molecule has 2 fully saturated rings. The van der Waals surface area contributed by atoms with Crippen LogP contribution in [0.1, 0.15) is 12.8 Å². The van der Waals surface area contributed by atoms with E-state index in [0.717, 1.165) is 64.4 Å². The highest BCUT2D eigenvalue weighted by Gasteiger charge is 2.28. The third-order valence-corrected chi connectivity index (χ3v) is 8.82. The van der Waals surface area contributed by atoms with Crippen LogP contribution in [0.4, 0.5) is 43.3 Å². The van der Waals surface area contributed by atoms with Crippen molar-refractivity contribution in [2.24, 2.45) is 0 Å². The third-order valence-electron chi connectivity index (χ3n) is 7.65. The standard InChI is InChI=1S/C28H35BrF2N8O3S/c1-37-10-12-38(13-11-37)19-6-8-39(9-7-19)25-16-26(42-2)24(15-21(25)31)34-28-32-17-20(29)27(35-28)33-22-5-4-18(30)14-23(22)36-43(3,40)41/h4-5,14-17,19,36H,6-13H2,1-3H3,(H2,32,33,34,35). The number of piperidine rings is 1. The Hall–Kier alpha value is -3.27. The number of sulfonamides is 1. The number of piperazine rings is 1. The fraction of sp³-hybridized carbons (Fsp3) is 0.429. The van der Waals surface area contributed by atoms with Crippen LogP contribution in [0.2, 0.25) is 0 Å². The molecular weight excluding hydrogens is 646 g/mol. The van der Waals surface area contributed by atoms with Gasteiger partial charge in [0, 0.05) is 69.7 Å². The van der Waals surface area contributed by atoms with E-state index in [1.54, 1.807) is 6.07 Å². The Morgan fingerprint density at radius 2 is 1.70 bits per heavy atom. The summed E-state index contributed by atoms with van der Waals surface area (Å²) in [4.78, 5) is 15.7. The van der Waals surface area contributed by atoms with Gasteiger partial charge in [-0.3, -0.25) is 9.62 Å². The SMILES string of the molecule is COc1cc(N2CCC(N3CCN(C)CC3)CC2)c(F)cc1Nc1ncc(Br)c(Nc2ccc(F)cc2NS(C)(=O)=O)n1. The quantitative estimate of drug-likeness (QED) is 0.296. The van der Waals surface area contributed by atoms with Crippen LogP contribution < -0.4 is 25.0 Å². The van der Waals surface area contributed by atoms with E-state index in [1.165, 1.54) is 31.5 Å². The van der Waals surface area contributed by atoms with E-state index >= 15 is 4.39 Å². The molecule has 3 N–H and O–H groups in total. The van der Waals surface area contributed by atoms with Crippen molar-refractivity contribution >= 4 is 60.5 Å². The highest BCUT2D eigenvalue weighted by Crippen LogP contribution is 2.36. The van der Waals surface area contributed by atoms with Gasteiger partial charge in [-0.05, 0) is 48.0 Å². The van der Waals surface area contributed by atoms with Crippen LogP contribution in [0.25, 0.3) is 0 Å². The molecule has 3 aromatic rings. The maximum absolute atomic E-state index is 15.5. The lowest BCUT2D eigenvalue weighted by Gasteiger charge is -2.42. The average Bonchev–Trinajstić information content (AvgIpc) is 2.96. The van der Waals surface area contributed by atoms with Crippen molar-refractivity contribution in [1.82, 2.24) is 19.8 Å². The monoisotopic (exact) mass is 680 g/mol. The largest absolute Gasteiger partial charge is 0.494 e. The van der Waals surface area contributed by atoms with Gasteiger partial charge in [0.2, 0.25) is 16.0 Å². The number of benzene rings is 2. The second-order valence-corrected chi connectivity index (χ2v) is 13.4. The highest BCUT2D eigenvalue weighted by atomic mass is 79.9. The molecule has 1 aromatic heterocycles. The van der Waals surface area contributed by atoms with Crippen molar-refractivity contribution < 1.29 is 21.9 Å². The number of halogens is 3. The number of likely N-dealkylation sites (N-methyl/N-ethyl adjacent to an activating group) is 1. The average molecular weight is 682 g/mol. The van der Waals surface area contributed by atoms with Gasteiger partial charge in [-0.15, -0.1) is 0 Å². The third kappa shape index (κ3) is 7.82. The minimum atomic E-state index is -3.67. The van der Waals surface area contributed by atoms with Gasteiger partial charge in [-0.25, -0.2) is 22.2 Å². The van der Waals surface area contributed by atoms with Gasteiger partial charge < -0.3 is 25.2 Å². The molecule has 0 aliphatic carbocycles. The van der Waals surface area contributed by atoms with Crippen molar-refractivity contribution in [3.8, 4) is 5.75 Å². The first-order chi connectivity index (χ1) is 20.5. The Labute approximate surface area is 258 Å². The number of ether oxygens (including phenoxy) is 1. The Morgan fingerprint density at radius 1 is 0.977 bits per heavy atom. The van der Waals surface area contributed by atoms with Crippen molar-refractivity contribution in [2.45, 2.75) is 18.9 Å². The lowest BCUT2D eigenvalue weighted by molar-refractivity contribution is 0.0981. The van der Waals surface area contributed by atoms with Crippen LogP contribution in [0.15, 0.2) is 41.0 Å². The molecule has 43 heavy (non-hydrogen) atoms. The summed E-state index contributed by atoms with van der Waals surface area (Å²) in [5.41, 5.74) is 1.10. The predicted octanol–water partition coefficient (Wildman–Crippen LogP) is 4.60. The summed E-state index contributed by atoms with van der Waals surface area (Å²) in [6, 6.07) is 7.20. The van der Waals surface area contributed by atoms with Crippen LogP contribution >= 0.6 is 15.9 Å². The molecule has 0 radical (unpaired) electrons. The summed E-state index contributed by atoms with van der Waals surface area (Å²) in [6.45, 7) is 5.81. The molecule has 5 rings (SSSR count). The maximum atomic E-state index is 15.5. The van der Waals surface area contributed by atoms with Gasteiger partial charge in [0.25, 0.3) is 0 Å². The van der Waals surface area contributed by atoms with Crippen molar-refractivity contribution in [2.75, 3.05) is 79.9 Å². The van der Waals surface area contributed by atoms with E-state index < -0.39 is 15.8 Å². The Kier molecular flexibility index (Phi) is 9.54. The molecule has 0 unspecified atom stereocenters. The molecule has 11 nitrogen and oxygen atoms in total. The van der Waals surface area contributed by atoms with E-state index in [2.05, 4.69) is 63.0 Å². The molecule has 2 saturated heterocycles. The smallest absolute Gasteiger partial charge is 0.229 e. The summed E-state index contributed by atoms with van der Waals surface area (Å²) in [7, 11) is -0.00437. The van der Waals surface area contributed by atoms with Crippen LogP contribution in [0, 0.1) is 11.6 Å². The number of hydrogen-bond acceptors (Lipinski definition) is 10. The molecule has 0 bridgehead atoms. The summed E-state index contributed by atoms with van der Waals surface area (Å²) in [6.07, 6.45) is 4.40. The van der Waals surface area contributed by atoms with Gasteiger partial charge in [-0.2, -0.15) is 4.98 Å². The Morgan fingerprint density at radius 3 is 2.37 bits per heavy atom. The second-order valence-electron chi connectivity index (χ2n) is 10.8. The van der Waals surface area contributed by atoms with E-state index in [4.69, 9.17) is 4.74 Å². The number of aromatic nitrogens is 2. The zero-order chi connectivity index (χ0) is 30.7. The van der Waals surface area contributed by atoms with Crippen molar-refractivity contribution in [1.29, 1.82) is 0 Å². The summed E-state index contributed by atoms with van der Waals surface area (Å²) in [5.74, 6) is -0.182. The second kappa shape index (κ2) is 13.2. The van der Waals surface area contributed by atoms with Crippen LogP contribution in [0.3, 0.4) is 0 Å². The Bertz CT molecular complexity index is 1570. The Balaban J connectivity index is 1.31. The molecule has 232 valence electrons. The number of nitrogens with one attached hydrogen (secondary N) is 3. The van der Waals surface area contributed by atoms with Gasteiger partial charge in [0.05, 0.1) is 40.6 Å². The summed E-state index contributed by atoms with van der Waals surface area (Å²) < 4.78 is 61.3. The van der Waals surface area contributed by atoms with Gasteiger partial charge >= 0.3 is 0 Å². The van der Waals surface area contributed by atoms with Gasteiger partial charge in [-0.1, -0.05) is 0 Å². The van der Waals surface area contributed by atoms with E-state index in [0.29, 0.717) is 27.6 Å². The summed E-state index contributed by atoms with van der Waals surface area (Å²) >= 11 is 3.38.